The van der Waals surface area contributed by atoms with Crippen LogP contribution in [0.1, 0.15) is 26.7 Å². The summed E-state index contributed by atoms with van der Waals surface area (Å²) in [4.78, 5) is 0. The summed E-state index contributed by atoms with van der Waals surface area (Å²) in [7, 11) is 0. The van der Waals surface area contributed by atoms with E-state index in [1.165, 1.54) is 0 Å². The molecule has 0 aromatic rings. The van der Waals surface area contributed by atoms with Crippen LogP contribution in [0, 0.1) is 0 Å². The Bertz CT molecular complexity index is 221. The molecule has 0 bridgehead atoms. The van der Waals surface area contributed by atoms with Crippen molar-refractivity contribution in [1.82, 2.24) is 5.32 Å². The van der Waals surface area contributed by atoms with E-state index in [0.29, 0.717) is 13.1 Å². The van der Waals surface area contributed by atoms with Crippen molar-refractivity contribution in [2.45, 2.75) is 43.9 Å². The van der Waals surface area contributed by atoms with E-state index in [2.05, 4.69) is 5.32 Å². The molecule has 1 aliphatic rings. The minimum atomic E-state index is -4.12. The Balaban J connectivity index is 2.00. The van der Waals surface area contributed by atoms with E-state index < -0.39 is 5.51 Å². The molecule has 0 aliphatic carbocycles. The SMILES string of the molecule is CC1(C)CCC(CNCCSC(F)(F)F)O1. The van der Waals surface area contributed by atoms with Gasteiger partial charge >= 0.3 is 5.51 Å². The van der Waals surface area contributed by atoms with E-state index >= 15 is 0 Å². The maximum absolute atomic E-state index is 11.8. The predicted octanol–water partition coefficient (Wildman–Crippen LogP) is 2.79. The second kappa shape index (κ2) is 5.60. The third-order valence-electron chi connectivity index (χ3n) is 2.47. The first-order valence-corrected chi connectivity index (χ1v) is 6.36. The Kier molecular flexibility index (Phi) is 4.94. The lowest BCUT2D eigenvalue weighted by Crippen LogP contribution is -2.30. The van der Waals surface area contributed by atoms with Crippen LogP contribution in [-0.4, -0.2) is 36.1 Å². The van der Waals surface area contributed by atoms with E-state index in [-0.39, 0.29) is 29.2 Å². The molecule has 0 aromatic heterocycles. The molecule has 1 fully saturated rings. The molecule has 16 heavy (non-hydrogen) atoms. The Morgan fingerprint density at radius 1 is 1.44 bits per heavy atom. The molecular formula is C10H18F3NOS. The predicted molar refractivity (Wildman–Crippen MR) is 59.6 cm³/mol. The van der Waals surface area contributed by atoms with E-state index in [9.17, 15) is 13.2 Å². The summed E-state index contributed by atoms with van der Waals surface area (Å²) in [6.07, 6.45) is 2.13. The summed E-state index contributed by atoms with van der Waals surface area (Å²) in [5.41, 5.74) is -4.19. The van der Waals surface area contributed by atoms with Gasteiger partial charge in [-0.1, -0.05) is 0 Å². The van der Waals surface area contributed by atoms with Gasteiger partial charge in [0.05, 0.1) is 11.7 Å². The number of alkyl halides is 3. The van der Waals surface area contributed by atoms with Gasteiger partial charge in [0.25, 0.3) is 0 Å². The standard InChI is InChI=1S/C10H18F3NOS/c1-9(2)4-3-8(15-9)7-14-5-6-16-10(11,12)13/h8,14H,3-7H2,1-2H3. The molecule has 1 rings (SSSR count). The van der Waals surface area contributed by atoms with Gasteiger partial charge in [-0.15, -0.1) is 0 Å². The normalized spacial score (nSPS) is 24.9. The number of hydrogen-bond donors (Lipinski definition) is 1. The monoisotopic (exact) mass is 257 g/mol. The largest absolute Gasteiger partial charge is 0.441 e. The highest BCUT2D eigenvalue weighted by atomic mass is 32.2. The van der Waals surface area contributed by atoms with Crippen molar-refractivity contribution in [3.63, 3.8) is 0 Å². The van der Waals surface area contributed by atoms with Crippen molar-refractivity contribution < 1.29 is 17.9 Å². The third-order valence-corrected chi connectivity index (χ3v) is 3.21. The molecule has 0 saturated carbocycles. The minimum Gasteiger partial charge on any atom is -0.371 e. The molecule has 1 unspecified atom stereocenters. The average Bonchev–Trinajstić information content (AvgIpc) is 2.43. The van der Waals surface area contributed by atoms with Gasteiger partial charge in [-0.2, -0.15) is 13.2 Å². The molecule has 1 aliphatic heterocycles. The van der Waals surface area contributed by atoms with Gasteiger partial charge < -0.3 is 10.1 Å². The van der Waals surface area contributed by atoms with Gasteiger partial charge in [-0.3, -0.25) is 0 Å². The van der Waals surface area contributed by atoms with Crippen LogP contribution in [-0.2, 0) is 4.74 Å². The van der Waals surface area contributed by atoms with Crippen LogP contribution >= 0.6 is 11.8 Å². The molecular weight excluding hydrogens is 239 g/mol. The first kappa shape index (κ1) is 14.1. The number of rotatable bonds is 5. The quantitative estimate of drug-likeness (QED) is 0.765. The van der Waals surface area contributed by atoms with Crippen molar-refractivity contribution in [2.75, 3.05) is 18.8 Å². The van der Waals surface area contributed by atoms with E-state index in [1.54, 1.807) is 0 Å². The average molecular weight is 257 g/mol. The highest BCUT2D eigenvalue weighted by Crippen LogP contribution is 2.30. The second-order valence-corrected chi connectivity index (χ2v) is 5.70. The van der Waals surface area contributed by atoms with Crippen molar-refractivity contribution in [1.29, 1.82) is 0 Å². The van der Waals surface area contributed by atoms with E-state index in [1.807, 2.05) is 13.8 Å². The van der Waals surface area contributed by atoms with Crippen LogP contribution in [0.15, 0.2) is 0 Å². The lowest BCUT2D eigenvalue weighted by molar-refractivity contribution is -0.0327. The number of halogens is 3. The maximum atomic E-state index is 11.8. The topological polar surface area (TPSA) is 21.3 Å². The Hall–Kier alpha value is 0.0600. The highest BCUT2D eigenvalue weighted by molar-refractivity contribution is 8.00. The molecule has 0 spiro atoms. The van der Waals surface area contributed by atoms with Crippen LogP contribution in [0.2, 0.25) is 0 Å². The molecule has 1 atom stereocenters. The molecule has 96 valence electrons. The summed E-state index contributed by atoms with van der Waals surface area (Å²) in [5.74, 6) is 0.0552. The van der Waals surface area contributed by atoms with Crippen LogP contribution < -0.4 is 5.32 Å². The molecule has 6 heteroatoms. The third kappa shape index (κ3) is 5.96. The maximum Gasteiger partial charge on any atom is 0.441 e. The Labute approximate surface area is 98.3 Å². The first-order chi connectivity index (χ1) is 7.29. The number of hydrogen-bond acceptors (Lipinski definition) is 3. The zero-order valence-corrected chi connectivity index (χ0v) is 10.4. The summed E-state index contributed by atoms with van der Waals surface area (Å²) in [6, 6.07) is 0. The summed E-state index contributed by atoms with van der Waals surface area (Å²) < 4.78 is 41.1. The Morgan fingerprint density at radius 2 is 2.12 bits per heavy atom. The van der Waals surface area contributed by atoms with Gasteiger partial charge in [-0.25, -0.2) is 0 Å². The molecule has 1 heterocycles. The van der Waals surface area contributed by atoms with Crippen LogP contribution in [0.3, 0.4) is 0 Å². The number of ether oxygens (including phenoxy) is 1. The van der Waals surface area contributed by atoms with Crippen molar-refractivity contribution >= 4 is 11.8 Å². The molecule has 0 aromatic carbocycles. The number of thioether (sulfide) groups is 1. The summed E-state index contributed by atoms with van der Waals surface area (Å²) >= 11 is 0.0125. The molecule has 0 radical (unpaired) electrons. The zero-order valence-electron chi connectivity index (χ0n) is 9.56. The van der Waals surface area contributed by atoms with Gasteiger partial charge in [0.1, 0.15) is 0 Å². The van der Waals surface area contributed by atoms with Gasteiger partial charge in [0.15, 0.2) is 0 Å². The fraction of sp³-hybridized carbons (Fsp3) is 1.00. The van der Waals surface area contributed by atoms with Gasteiger partial charge in [0.2, 0.25) is 0 Å². The van der Waals surface area contributed by atoms with Crippen LogP contribution in [0.25, 0.3) is 0 Å². The molecule has 1 N–H and O–H groups in total. The van der Waals surface area contributed by atoms with Crippen LogP contribution in [0.4, 0.5) is 13.2 Å². The summed E-state index contributed by atoms with van der Waals surface area (Å²) in [5, 5.41) is 2.99. The van der Waals surface area contributed by atoms with E-state index in [0.717, 1.165) is 12.8 Å². The fourth-order valence-corrected chi connectivity index (χ4v) is 2.20. The smallest absolute Gasteiger partial charge is 0.371 e. The van der Waals surface area contributed by atoms with Crippen molar-refractivity contribution in [2.24, 2.45) is 0 Å². The molecule has 2 nitrogen and oxygen atoms in total. The fourth-order valence-electron chi connectivity index (χ4n) is 1.72. The van der Waals surface area contributed by atoms with Crippen molar-refractivity contribution in [3.05, 3.63) is 0 Å². The van der Waals surface area contributed by atoms with Crippen molar-refractivity contribution in [3.8, 4) is 0 Å². The number of nitrogens with one attached hydrogen (secondary N) is 1. The molecule has 0 amide bonds. The highest BCUT2D eigenvalue weighted by Gasteiger charge is 2.31. The first-order valence-electron chi connectivity index (χ1n) is 5.38. The minimum absolute atomic E-state index is 0.0125. The second-order valence-electron chi connectivity index (χ2n) is 4.54. The lowest BCUT2D eigenvalue weighted by atomic mass is 10.1. The lowest BCUT2D eigenvalue weighted by Gasteiger charge is -2.19. The van der Waals surface area contributed by atoms with Crippen LogP contribution in [0.5, 0.6) is 0 Å². The Morgan fingerprint density at radius 3 is 2.62 bits per heavy atom. The van der Waals surface area contributed by atoms with Gasteiger partial charge in [-0.05, 0) is 38.5 Å². The zero-order chi connectivity index (χ0) is 12.2. The van der Waals surface area contributed by atoms with Gasteiger partial charge in [0, 0.05) is 18.8 Å². The molecule has 1 saturated heterocycles. The van der Waals surface area contributed by atoms with E-state index in [4.69, 9.17) is 4.74 Å². The summed E-state index contributed by atoms with van der Waals surface area (Å²) in [6.45, 7) is 5.07.